The van der Waals surface area contributed by atoms with Crippen molar-refractivity contribution < 1.29 is 19.0 Å². The number of methoxy groups -OCH3 is 1. The zero-order valence-corrected chi connectivity index (χ0v) is 11.0. The van der Waals surface area contributed by atoms with Crippen molar-refractivity contribution >= 4 is 17.6 Å². The molecule has 1 aromatic rings. The third-order valence-corrected chi connectivity index (χ3v) is 3.79. The van der Waals surface area contributed by atoms with Crippen molar-refractivity contribution in [3.63, 3.8) is 0 Å². The second-order valence-corrected chi connectivity index (χ2v) is 5.13. The number of carboxylic acid groups (broad SMARTS) is 1. The average Bonchev–Trinajstić information content (AvgIpc) is 3.02. The molecule has 0 unspecified atom stereocenters. The highest BCUT2D eigenvalue weighted by atomic mass is 35.5. The molecule has 98 valence electrons. The summed E-state index contributed by atoms with van der Waals surface area (Å²) in [5.74, 6) is -0.920. The lowest BCUT2D eigenvalue weighted by Crippen LogP contribution is -2.16. The van der Waals surface area contributed by atoms with Crippen molar-refractivity contribution in [3.8, 4) is 5.75 Å². The van der Waals surface area contributed by atoms with Crippen LogP contribution in [0.4, 0.5) is 4.39 Å². The second kappa shape index (κ2) is 4.43. The lowest BCUT2D eigenvalue weighted by molar-refractivity contribution is -0.137. The first-order valence-electron chi connectivity index (χ1n) is 5.66. The Kier molecular flexibility index (Phi) is 3.23. The van der Waals surface area contributed by atoms with Crippen LogP contribution in [0.15, 0.2) is 6.07 Å². The van der Waals surface area contributed by atoms with Gasteiger partial charge in [0.05, 0.1) is 18.6 Å². The van der Waals surface area contributed by atoms with Crippen molar-refractivity contribution in [1.29, 1.82) is 0 Å². The lowest BCUT2D eigenvalue weighted by Gasteiger charge is -2.21. The first-order valence-corrected chi connectivity index (χ1v) is 6.04. The second-order valence-electron chi connectivity index (χ2n) is 4.72. The fraction of sp³-hybridized carbons (Fsp3) is 0.462. The van der Waals surface area contributed by atoms with Crippen LogP contribution in [0.1, 0.15) is 30.4 Å². The maximum atomic E-state index is 13.8. The standard InChI is InChI=1S/C13H14ClFO3/c1-7-9(15)5-8(14)12(18-2)11(7)13(3-4-13)6-10(16)17/h5H,3-4,6H2,1-2H3,(H,16,17). The Morgan fingerprint density at radius 1 is 1.61 bits per heavy atom. The fourth-order valence-electron chi connectivity index (χ4n) is 2.49. The van der Waals surface area contributed by atoms with Gasteiger partial charge in [0, 0.05) is 11.0 Å². The van der Waals surface area contributed by atoms with Gasteiger partial charge in [0.1, 0.15) is 11.6 Å². The Morgan fingerprint density at radius 2 is 2.22 bits per heavy atom. The Balaban J connectivity index is 2.59. The Labute approximate surface area is 110 Å². The van der Waals surface area contributed by atoms with Gasteiger partial charge in [-0.2, -0.15) is 0 Å². The molecular formula is C13H14ClFO3. The number of halogens is 2. The van der Waals surface area contributed by atoms with Crippen molar-refractivity contribution in [2.24, 2.45) is 0 Å². The molecule has 0 amide bonds. The smallest absolute Gasteiger partial charge is 0.304 e. The third kappa shape index (κ3) is 2.05. The van der Waals surface area contributed by atoms with Crippen LogP contribution in [0.2, 0.25) is 5.02 Å². The third-order valence-electron chi connectivity index (χ3n) is 3.51. The quantitative estimate of drug-likeness (QED) is 0.915. The Bertz CT molecular complexity index is 509. The number of hydrogen-bond acceptors (Lipinski definition) is 2. The average molecular weight is 273 g/mol. The van der Waals surface area contributed by atoms with Gasteiger partial charge >= 0.3 is 5.97 Å². The summed E-state index contributed by atoms with van der Waals surface area (Å²) in [4.78, 5) is 10.9. The van der Waals surface area contributed by atoms with E-state index in [1.165, 1.54) is 13.2 Å². The molecule has 3 nitrogen and oxygen atoms in total. The topological polar surface area (TPSA) is 46.5 Å². The maximum Gasteiger partial charge on any atom is 0.304 e. The van der Waals surface area contributed by atoms with Gasteiger partial charge in [-0.25, -0.2) is 4.39 Å². The normalized spacial score (nSPS) is 16.4. The number of rotatable bonds is 4. The van der Waals surface area contributed by atoms with Crippen molar-refractivity contribution in [2.45, 2.75) is 31.6 Å². The minimum atomic E-state index is -0.894. The molecule has 0 bridgehead atoms. The molecule has 1 aliphatic carbocycles. The van der Waals surface area contributed by atoms with E-state index in [0.29, 0.717) is 16.9 Å². The van der Waals surface area contributed by atoms with E-state index in [0.717, 1.165) is 12.8 Å². The van der Waals surface area contributed by atoms with E-state index in [9.17, 15) is 9.18 Å². The monoisotopic (exact) mass is 272 g/mol. The molecule has 1 aromatic carbocycles. The van der Waals surface area contributed by atoms with E-state index in [-0.39, 0.29) is 11.4 Å². The molecule has 0 atom stereocenters. The number of benzene rings is 1. The summed E-state index contributed by atoms with van der Waals surface area (Å²) in [6.45, 7) is 1.63. The predicted octanol–water partition coefficient (Wildman–Crippen LogP) is 3.30. The molecule has 5 heteroatoms. The molecule has 0 aliphatic heterocycles. The van der Waals surface area contributed by atoms with Gasteiger partial charge in [0.25, 0.3) is 0 Å². The van der Waals surface area contributed by atoms with Gasteiger partial charge in [0.2, 0.25) is 0 Å². The van der Waals surface area contributed by atoms with Gasteiger partial charge in [-0.1, -0.05) is 11.6 Å². The molecule has 18 heavy (non-hydrogen) atoms. The summed E-state index contributed by atoms with van der Waals surface area (Å²) >= 11 is 5.96. The van der Waals surface area contributed by atoms with E-state index in [2.05, 4.69) is 0 Å². The molecule has 0 aromatic heterocycles. The number of hydrogen-bond donors (Lipinski definition) is 1. The van der Waals surface area contributed by atoms with Crippen molar-refractivity contribution in [2.75, 3.05) is 7.11 Å². The Hall–Kier alpha value is -1.29. The van der Waals surface area contributed by atoms with Crippen molar-refractivity contribution in [3.05, 3.63) is 28.0 Å². The summed E-state index contributed by atoms with van der Waals surface area (Å²) < 4.78 is 19.0. The molecule has 0 spiro atoms. The van der Waals surface area contributed by atoms with Crippen LogP contribution in [0.25, 0.3) is 0 Å². The van der Waals surface area contributed by atoms with Crippen LogP contribution < -0.4 is 4.74 Å². The predicted molar refractivity (Wildman–Crippen MR) is 65.9 cm³/mol. The minimum absolute atomic E-state index is 0.0238. The lowest BCUT2D eigenvalue weighted by atomic mass is 9.88. The summed E-state index contributed by atoms with van der Waals surface area (Å²) in [6, 6.07) is 1.20. The van der Waals surface area contributed by atoms with Gasteiger partial charge in [-0.05, 0) is 31.4 Å². The largest absolute Gasteiger partial charge is 0.495 e. The van der Waals surface area contributed by atoms with Gasteiger partial charge in [0.15, 0.2) is 0 Å². The van der Waals surface area contributed by atoms with Crippen LogP contribution in [0.3, 0.4) is 0 Å². The Morgan fingerprint density at radius 3 is 2.67 bits per heavy atom. The number of carboxylic acids is 1. The molecular weight excluding hydrogens is 259 g/mol. The zero-order valence-electron chi connectivity index (χ0n) is 10.2. The minimum Gasteiger partial charge on any atom is -0.495 e. The summed E-state index contributed by atoms with van der Waals surface area (Å²) in [6.07, 6.45) is 1.41. The highest BCUT2D eigenvalue weighted by molar-refractivity contribution is 6.32. The van der Waals surface area contributed by atoms with Gasteiger partial charge < -0.3 is 9.84 Å². The van der Waals surface area contributed by atoms with Crippen molar-refractivity contribution in [1.82, 2.24) is 0 Å². The highest BCUT2D eigenvalue weighted by Gasteiger charge is 2.49. The van der Waals surface area contributed by atoms with E-state index >= 15 is 0 Å². The molecule has 1 N–H and O–H groups in total. The molecule has 0 saturated heterocycles. The van der Waals surface area contributed by atoms with E-state index < -0.39 is 17.2 Å². The maximum absolute atomic E-state index is 13.8. The van der Waals surface area contributed by atoms with Gasteiger partial charge in [-0.3, -0.25) is 4.79 Å². The van der Waals surface area contributed by atoms with Crippen LogP contribution in [0, 0.1) is 12.7 Å². The summed E-state index contributed by atoms with van der Waals surface area (Å²) in [5.41, 5.74) is 0.514. The van der Waals surface area contributed by atoms with E-state index in [1.807, 2.05) is 0 Å². The van der Waals surface area contributed by atoms with Crippen LogP contribution in [0.5, 0.6) is 5.75 Å². The van der Waals surface area contributed by atoms with Crippen LogP contribution in [-0.2, 0) is 10.2 Å². The van der Waals surface area contributed by atoms with E-state index in [1.54, 1.807) is 6.92 Å². The SMILES string of the molecule is COc1c(Cl)cc(F)c(C)c1C1(CC(=O)O)CC1. The molecule has 0 heterocycles. The summed E-state index contributed by atoms with van der Waals surface area (Å²) in [5, 5.41) is 9.16. The number of carbonyl (C=O) groups is 1. The molecule has 0 radical (unpaired) electrons. The first kappa shape index (κ1) is 13.1. The highest BCUT2D eigenvalue weighted by Crippen LogP contribution is 2.56. The zero-order chi connectivity index (χ0) is 13.5. The van der Waals surface area contributed by atoms with Crippen LogP contribution >= 0.6 is 11.6 Å². The van der Waals surface area contributed by atoms with Crippen LogP contribution in [-0.4, -0.2) is 18.2 Å². The van der Waals surface area contributed by atoms with Gasteiger partial charge in [-0.15, -0.1) is 0 Å². The number of ether oxygens (including phenoxy) is 1. The molecule has 1 fully saturated rings. The molecule has 1 aliphatic rings. The van der Waals surface area contributed by atoms with E-state index in [4.69, 9.17) is 21.4 Å². The molecule has 2 rings (SSSR count). The summed E-state index contributed by atoms with van der Waals surface area (Å²) in [7, 11) is 1.46. The number of aliphatic carboxylic acids is 1. The first-order chi connectivity index (χ1) is 8.41. The molecule has 1 saturated carbocycles. The fourth-order valence-corrected chi connectivity index (χ4v) is 2.76.